The van der Waals surface area contributed by atoms with E-state index in [4.69, 9.17) is 5.84 Å². The van der Waals surface area contributed by atoms with Gasteiger partial charge < -0.3 is 10.3 Å². The minimum Gasteiger partial charge on any atom is -0.352 e. The molecule has 0 aliphatic heterocycles. The number of hydrogen-bond acceptors (Lipinski definition) is 7. The fraction of sp³-hybridized carbons (Fsp3) is 0.222. The first-order valence-corrected chi connectivity index (χ1v) is 5.60. The van der Waals surface area contributed by atoms with Gasteiger partial charge in [0.25, 0.3) is 0 Å². The molecule has 0 atom stereocenters. The van der Waals surface area contributed by atoms with Gasteiger partial charge in [0.2, 0.25) is 0 Å². The van der Waals surface area contributed by atoms with E-state index in [9.17, 15) is 0 Å². The minimum absolute atomic E-state index is 0.544. The molecular formula is C9H12N6S. The summed E-state index contributed by atoms with van der Waals surface area (Å²) in [6.45, 7) is 0.701. The highest BCUT2D eigenvalue weighted by Gasteiger charge is 2.05. The molecular weight excluding hydrogens is 224 g/mol. The number of aromatic nitrogens is 3. The molecule has 2 heterocycles. The topological polar surface area (TPSA) is 80.0 Å². The van der Waals surface area contributed by atoms with E-state index >= 15 is 0 Å². The number of hydrogen-bond donors (Lipinski definition) is 2. The van der Waals surface area contributed by atoms with Gasteiger partial charge in [-0.05, 0) is 0 Å². The third-order valence-electron chi connectivity index (χ3n) is 2.04. The van der Waals surface area contributed by atoms with Crippen LogP contribution in [0.4, 0.5) is 11.6 Å². The Labute approximate surface area is 97.1 Å². The maximum Gasteiger partial charge on any atom is 0.160 e. The van der Waals surface area contributed by atoms with Crippen molar-refractivity contribution in [2.75, 3.05) is 17.4 Å². The van der Waals surface area contributed by atoms with Crippen LogP contribution in [0.5, 0.6) is 0 Å². The number of thiazole rings is 1. The van der Waals surface area contributed by atoms with E-state index in [0.29, 0.717) is 12.4 Å². The quantitative estimate of drug-likeness (QED) is 0.605. The highest BCUT2D eigenvalue weighted by atomic mass is 32.1. The molecule has 0 spiro atoms. The Kier molecular flexibility index (Phi) is 3.28. The summed E-state index contributed by atoms with van der Waals surface area (Å²) >= 11 is 1.58. The number of nitrogens with one attached hydrogen (secondary N) is 1. The molecule has 0 radical (unpaired) electrons. The van der Waals surface area contributed by atoms with Gasteiger partial charge in [-0.2, -0.15) is 0 Å². The van der Waals surface area contributed by atoms with Crippen molar-refractivity contribution >= 4 is 23.0 Å². The van der Waals surface area contributed by atoms with E-state index in [1.54, 1.807) is 23.7 Å². The first kappa shape index (κ1) is 10.8. The van der Waals surface area contributed by atoms with Crippen LogP contribution in [0.1, 0.15) is 5.69 Å². The van der Waals surface area contributed by atoms with Crippen molar-refractivity contribution in [3.63, 3.8) is 0 Å². The maximum absolute atomic E-state index is 5.27. The van der Waals surface area contributed by atoms with Gasteiger partial charge in [-0.25, -0.2) is 15.8 Å². The Balaban J connectivity index is 2.11. The second-order valence-electron chi connectivity index (χ2n) is 3.24. The number of nitrogens with zero attached hydrogens (tertiary/aromatic N) is 4. The molecule has 0 unspecified atom stereocenters. The van der Waals surface area contributed by atoms with Crippen LogP contribution in [-0.2, 0) is 6.54 Å². The smallest absolute Gasteiger partial charge is 0.160 e. The number of nitrogen functional groups attached to an aromatic ring is 1. The molecule has 0 amide bonds. The van der Waals surface area contributed by atoms with Crippen LogP contribution in [0.2, 0.25) is 0 Å². The standard InChI is InChI=1S/C9H12N6S/c1-15(4-7-5-16-6-12-7)9-3-11-2-8(13-9)14-10/h2-3,5-6H,4,10H2,1H3,(H,13,14). The van der Waals surface area contributed by atoms with Crippen molar-refractivity contribution in [1.82, 2.24) is 15.0 Å². The second-order valence-corrected chi connectivity index (χ2v) is 3.96. The van der Waals surface area contributed by atoms with Crippen LogP contribution in [0.15, 0.2) is 23.3 Å². The fourth-order valence-corrected chi connectivity index (χ4v) is 1.80. The number of anilines is 2. The molecule has 0 aliphatic carbocycles. The van der Waals surface area contributed by atoms with E-state index in [-0.39, 0.29) is 0 Å². The highest BCUT2D eigenvalue weighted by molar-refractivity contribution is 7.07. The number of hydrazine groups is 1. The molecule has 2 aromatic rings. The Morgan fingerprint density at radius 1 is 1.50 bits per heavy atom. The molecule has 3 N–H and O–H groups in total. The van der Waals surface area contributed by atoms with Crippen LogP contribution < -0.4 is 16.2 Å². The summed E-state index contributed by atoms with van der Waals surface area (Å²) in [5, 5.41) is 2.01. The normalized spacial score (nSPS) is 10.1. The zero-order valence-corrected chi connectivity index (χ0v) is 9.61. The SMILES string of the molecule is CN(Cc1cscn1)c1cncc(NN)n1. The predicted octanol–water partition coefficient (Wildman–Crippen LogP) is 0.855. The summed E-state index contributed by atoms with van der Waals surface area (Å²) in [5.74, 6) is 6.57. The summed E-state index contributed by atoms with van der Waals surface area (Å²) in [6, 6.07) is 0. The van der Waals surface area contributed by atoms with Gasteiger partial charge in [-0.1, -0.05) is 0 Å². The van der Waals surface area contributed by atoms with E-state index in [2.05, 4.69) is 20.4 Å². The highest BCUT2D eigenvalue weighted by Crippen LogP contribution is 2.13. The molecule has 0 fully saturated rings. The summed E-state index contributed by atoms with van der Waals surface area (Å²) in [5.41, 5.74) is 5.29. The van der Waals surface area contributed by atoms with Gasteiger partial charge in [-0.15, -0.1) is 11.3 Å². The van der Waals surface area contributed by atoms with Gasteiger partial charge >= 0.3 is 0 Å². The third kappa shape index (κ3) is 2.44. The molecule has 0 aliphatic rings. The molecule has 6 nitrogen and oxygen atoms in total. The summed E-state index contributed by atoms with van der Waals surface area (Å²) in [7, 11) is 1.93. The maximum atomic E-state index is 5.27. The van der Waals surface area contributed by atoms with E-state index in [0.717, 1.165) is 11.5 Å². The zero-order chi connectivity index (χ0) is 11.4. The lowest BCUT2D eigenvalue weighted by atomic mass is 10.4. The predicted molar refractivity (Wildman–Crippen MR) is 64.1 cm³/mol. The van der Waals surface area contributed by atoms with E-state index in [1.807, 2.05) is 22.8 Å². The summed E-state index contributed by atoms with van der Waals surface area (Å²) in [6.07, 6.45) is 3.26. The molecule has 0 saturated carbocycles. The average Bonchev–Trinajstić information content (AvgIpc) is 2.82. The Bertz CT molecular complexity index is 443. The van der Waals surface area contributed by atoms with Crippen molar-refractivity contribution in [3.8, 4) is 0 Å². The van der Waals surface area contributed by atoms with E-state index in [1.165, 1.54) is 0 Å². The Hall–Kier alpha value is -1.73. The van der Waals surface area contributed by atoms with Gasteiger partial charge in [0, 0.05) is 12.4 Å². The first-order valence-electron chi connectivity index (χ1n) is 4.66. The van der Waals surface area contributed by atoms with E-state index < -0.39 is 0 Å². The van der Waals surface area contributed by atoms with Crippen LogP contribution in [-0.4, -0.2) is 22.0 Å². The molecule has 0 bridgehead atoms. The van der Waals surface area contributed by atoms with Gasteiger partial charge in [-0.3, -0.25) is 4.98 Å². The molecule has 2 rings (SSSR count). The van der Waals surface area contributed by atoms with Crippen LogP contribution in [0.3, 0.4) is 0 Å². The van der Waals surface area contributed by atoms with Crippen molar-refractivity contribution in [2.24, 2.45) is 5.84 Å². The Morgan fingerprint density at radius 2 is 2.38 bits per heavy atom. The van der Waals surface area contributed by atoms with Gasteiger partial charge in [0.15, 0.2) is 5.82 Å². The lowest BCUT2D eigenvalue weighted by molar-refractivity contribution is 0.868. The minimum atomic E-state index is 0.544. The molecule has 0 saturated heterocycles. The molecule has 2 aromatic heterocycles. The average molecular weight is 236 g/mol. The number of rotatable bonds is 4. The summed E-state index contributed by atoms with van der Waals surface area (Å²) < 4.78 is 0. The van der Waals surface area contributed by atoms with Crippen LogP contribution in [0.25, 0.3) is 0 Å². The van der Waals surface area contributed by atoms with Crippen LogP contribution in [0, 0.1) is 0 Å². The second kappa shape index (κ2) is 4.86. The Morgan fingerprint density at radius 3 is 3.06 bits per heavy atom. The van der Waals surface area contributed by atoms with Gasteiger partial charge in [0.05, 0.1) is 30.1 Å². The summed E-state index contributed by atoms with van der Waals surface area (Å²) in [4.78, 5) is 14.5. The lowest BCUT2D eigenvalue weighted by Crippen LogP contribution is -2.19. The largest absolute Gasteiger partial charge is 0.352 e. The van der Waals surface area contributed by atoms with Gasteiger partial charge in [0.1, 0.15) is 5.82 Å². The molecule has 0 aromatic carbocycles. The zero-order valence-electron chi connectivity index (χ0n) is 8.79. The van der Waals surface area contributed by atoms with Crippen LogP contribution >= 0.6 is 11.3 Å². The van der Waals surface area contributed by atoms with Crippen molar-refractivity contribution in [1.29, 1.82) is 0 Å². The van der Waals surface area contributed by atoms with Crippen molar-refractivity contribution in [2.45, 2.75) is 6.54 Å². The van der Waals surface area contributed by atoms with Crippen molar-refractivity contribution in [3.05, 3.63) is 29.0 Å². The molecule has 84 valence electrons. The number of nitrogens with two attached hydrogens (primary N) is 1. The monoisotopic (exact) mass is 236 g/mol. The molecule has 16 heavy (non-hydrogen) atoms. The molecule has 7 heteroatoms. The lowest BCUT2D eigenvalue weighted by Gasteiger charge is -2.16. The fourth-order valence-electron chi connectivity index (χ4n) is 1.25. The van der Waals surface area contributed by atoms with Crippen molar-refractivity contribution < 1.29 is 0 Å². The first-order chi connectivity index (χ1) is 7.79. The third-order valence-corrected chi connectivity index (χ3v) is 2.68.